The van der Waals surface area contributed by atoms with Crippen molar-refractivity contribution in [3.05, 3.63) is 46.1 Å². The molecule has 2 aromatic rings. The topological polar surface area (TPSA) is 90.9 Å². The molecular formula is C18H18FNO6S. The van der Waals surface area contributed by atoms with E-state index in [0.717, 1.165) is 4.88 Å². The van der Waals surface area contributed by atoms with Gasteiger partial charge in [0.2, 0.25) is 0 Å². The van der Waals surface area contributed by atoms with E-state index in [1.165, 1.54) is 42.7 Å². The van der Waals surface area contributed by atoms with E-state index in [1.807, 2.05) is 6.92 Å². The number of ether oxygens (including phenoxy) is 3. The van der Waals surface area contributed by atoms with Gasteiger partial charge in [-0.1, -0.05) is 0 Å². The molecule has 0 atom stereocenters. The lowest BCUT2D eigenvalue weighted by Crippen LogP contribution is -2.24. The highest BCUT2D eigenvalue weighted by Crippen LogP contribution is 2.32. The summed E-state index contributed by atoms with van der Waals surface area (Å²) in [5, 5.41) is 2.88. The molecule has 0 unspecified atom stereocenters. The summed E-state index contributed by atoms with van der Waals surface area (Å²) in [6.45, 7) is 2.60. The van der Waals surface area contributed by atoms with E-state index >= 15 is 0 Å². The molecule has 1 amide bonds. The minimum Gasteiger partial charge on any atom is -0.482 e. The number of anilines is 1. The fourth-order valence-electron chi connectivity index (χ4n) is 2.09. The maximum absolute atomic E-state index is 12.8. The summed E-state index contributed by atoms with van der Waals surface area (Å²) in [6.07, 6.45) is 0. The van der Waals surface area contributed by atoms with Crippen molar-refractivity contribution in [3.63, 3.8) is 0 Å². The Balaban J connectivity index is 1.85. The Morgan fingerprint density at radius 2 is 1.78 bits per heavy atom. The van der Waals surface area contributed by atoms with Crippen molar-refractivity contribution in [1.29, 1.82) is 0 Å². The Morgan fingerprint density at radius 1 is 1.11 bits per heavy atom. The summed E-state index contributed by atoms with van der Waals surface area (Å²) in [5.41, 5.74) is 0.992. The number of thiophene rings is 1. The summed E-state index contributed by atoms with van der Waals surface area (Å²) in [5.74, 6) is -2.05. The monoisotopic (exact) mass is 395 g/mol. The predicted molar refractivity (Wildman–Crippen MR) is 96.6 cm³/mol. The van der Waals surface area contributed by atoms with Gasteiger partial charge < -0.3 is 19.5 Å². The van der Waals surface area contributed by atoms with Crippen molar-refractivity contribution in [3.8, 4) is 5.75 Å². The van der Waals surface area contributed by atoms with Gasteiger partial charge in [0.15, 0.2) is 13.2 Å². The van der Waals surface area contributed by atoms with Crippen molar-refractivity contribution in [1.82, 2.24) is 0 Å². The molecule has 0 aliphatic heterocycles. The molecule has 1 aromatic heterocycles. The number of rotatable bonds is 7. The van der Waals surface area contributed by atoms with Crippen molar-refractivity contribution in [2.24, 2.45) is 0 Å². The number of carbonyl (C=O) groups excluding carboxylic acids is 3. The van der Waals surface area contributed by atoms with E-state index in [4.69, 9.17) is 14.2 Å². The zero-order valence-electron chi connectivity index (χ0n) is 15.0. The van der Waals surface area contributed by atoms with Crippen LogP contribution in [0.25, 0.3) is 0 Å². The number of aryl methyl sites for hydroxylation is 1. The first-order chi connectivity index (χ1) is 12.8. The summed E-state index contributed by atoms with van der Waals surface area (Å²) in [7, 11) is 1.25. The Hall–Kier alpha value is -2.94. The van der Waals surface area contributed by atoms with Crippen LogP contribution in [0.5, 0.6) is 5.75 Å². The van der Waals surface area contributed by atoms with Crippen LogP contribution in [0.1, 0.15) is 20.8 Å². The third-order valence-electron chi connectivity index (χ3n) is 3.56. The smallest absolute Gasteiger partial charge is 0.344 e. The molecule has 2 rings (SSSR count). The number of halogens is 1. The highest BCUT2D eigenvalue weighted by Gasteiger charge is 2.22. The molecule has 0 bridgehead atoms. The number of benzene rings is 1. The summed E-state index contributed by atoms with van der Waals surface area (Å²) in [6, 6.07) is 5.12. The van der Waals surface area contributed by atoms with E-state index in [0.29, 0.717) is 16.3 Å². The van der Waals surface area contributed by atoms with E-state index in [-0.39, 0.29) is 5.56 Å². The van der Waals surface area contributed by atoms with Gasteiger partial charge in [-0.25, -0.2) is 14.0 Å². The SMILES string of the molecule is COC(=O)c1c(NC(=O)COC(=O)COc2ccc(F)cc2)sc(C)c1C. The average molecular weight is 395 g/mol. The number of amides is 1. The van der Waals surface area contributed by atoms with Crippen molar-refractivity contribution in [2.45, 2.75) is 13.8 Å². The first kappa shape index (κ1) is 20.4. The molecule has 144 valence electrons. The number of hydrogen-bond donors (Lipinski definition) is 1. The van der Waals surface area contributed by atoms with E-state index in [9.17, 15) is 18.8 Å². The molecule has 0 fully saturated rings. The summed E-state index contributed by atoms with van der Waals surface area (Å²) >= 11 is 1.23. The van der Waals surface area contributed by atoms with Crippen LogP contribution in [0.15, 0.2) is 24.3 Å². The van der Waals surface area contributed by atoms with Gasteiger partial charge in [-0.05, 0) is 43.7 Å². The highest BCUT2D eigenvalue weighted by atomic mass is 32.1. The van der Waals surface area contributed by atoms with E-state index in [1.54, 1.807) is 6.92 Å². The molecule has 1 N–H and O–H groups in total. The van der Waals surface area contributed by atoms with Crippen LogP contribution >= 0.6 is 11.3 Å². The fourth-order valence-corrected chi connectivity index (χ4v) is 3.15. The first-order valence-electron chi connectivity index (χ1n) is 7.84. The van der Waals surface area contributed by atoms with Crippen molar-refractivity contribution >= 4 is 34.2 Å². The standard InChI is InChI=1S/C18H18FNO6S/c1-10-11(2)27-17(16(10)18(23)24-3)20-14(21)8-26-15(22)9-25-13-6-4-12(19)5-7-13/h4-7H,8-9H2,1-3H3,(H,20,21). The minimum absolute atomic E-state index is 0.277. The highest BCUT2D eigenvalue weighted by molar-refractivity contribution is 7.16. The van der Waals surface area contributed by atoms with Crippen LogP contribution in [0.4, 0.5) is 9.39 Å². The largest absolute Gasteiger partial charge is 0.482 e. The van der Waals surface area contributed by atoms with Gasteiger partial charge >= 0.3 is 11.9 Å². The van der Waals surface area contributed by atoms with E-state index in [2.05, 4.69) is 5.32 Å². The molecule has 27 heavy (non-hydrogen) atoms. The van der Waals surface area contributed by atoms with Crippen LogP contribution in [0.2, 0.25) is 0 Å². The summed E-state index contributed by atoms with van der Waals surface area (Å²) < 4.78 is 27.5. The zero-order valence-corrected chi connectivity index (χ0v) is 15.8. The van der Waals surface area contributed by atoms with Crippen LogP contribution < -0.4 is 10.1 Å². The molecular weight excluding hydrogens is 377 g/mol. The van der Waals surface area contributed by atoms with Crippen LogP contribution in [0, 0.1) is 19.7 Å². The molecule has 9 heteroatoms. The van der Waals surface area contributed by atoms with Gasteiger partial charge in [0.05, 0.1) is 12.7 Å². The van der Waals surface area contributed by atoms with Gasteiger partial charge in [-0.3, -0.25) is 4.79 Å². The van der Waals surface area contributed by atoms with Gasteiger partial charge in [0, 0.05) is 4.88 Å². The lowest BCUT2D eigenvalue weighted by molar-refractivity contribution is -0.149. The maximum atomic E-state index is 12.8. The van der Waals surface area contributed by atoms with E-state index < -0.39 is 36.9 Å². The zero-order chi connectivity index (χ0) is 20.0. The fraction of sp³-hybridized carbons (Fsp3) is 0.278. The number of nitrogens with one attached hydrogen (secondary N) is 1. The first-order valence-corrected chi connectivity index (χ1v) is 8.65. The summed E-state index contributed by atoms with van der Waals surface area (Å²) in [4.78, 5) is 36.4. The average Bonchev–Trinajstić information content (AvgIpc) is 2.92. The number of methoxy groups -OCH3 is 1. The van der Waals surface area contributed by atoms with Crippen LogP contribution in [-0.4, -0.2) is 38.2 Å². The second-order valence-electron chi connectivity index (χ2n) is 5.43. The molecule has 1 heterocycles. The second kappa shape index (κ2) is 9.13. The molecule has 0 saturated carbocycles. The third kappa shape index (κ3) is 5.52. The number of hydrogen-bond acceptors (Lipinski definition) is 7. The lowest BCUT2D eigenvalue weighted by atomic mass is 10.1. The Labute approximate surface area is 159 Å². The minimum atomic E-state index is -0.763. The molecule has 7 nitrogen and oxygen atoms in total. The van der Waals surface area contributed by atoms with Gasteiger partial charge in [-0.2, -0.15) is 0 Å². The van der Waals surface area contributed by atoms with Crippen LogP contribution in [0.3, 0.4) is 0 Å². The molecule has 0 aliphatic carbocycles. The molecule has 0 radical (unpaired) electrons. The Morgan fingerprint density at radius 3 is 2.41 bits per heavy atom. The van der Waals surface area contributed by atoms with Gasteiger partial charge in [-0.15, -0.1) is 11.3 Å². The quantitative estimate of drug-likeness (QED) is 0.725. The lowest BCUT2D eigenvalue weighted by Gasteiger charge is -2.08. The molecule has 0 spiro atoms. The number of esters is 2. The maximum Gasteiger partial charge on any atom is 0.344 e. The van der Waals surface area contributed by atoms with Gasteiger partial charge in [0.1, 0.15) is 16.6 Å². The second-order valence-corrected chi connectivity index (χ2v) is 6.66. The Kier molecular flexibility index (Phi) is 6.89. The van der Waals surface area contributed by atoms with Crippen LogP contribution in [-0.2, 0) is 19.1 Å². The molecule has 0 aliphatic rings. The third-order valence-corrected chi connectivity index (χ3v) is 4.69. The predicted octanol–water partition coefficient (Wildman–Crippen LogP) is 2.85. The van der Waals surface area contributed by atoms with Crippen molar-refractivity contribution < 1.29 is 33.0 Å². The number of carbonyl (C=O) groups is 3. The molecule has 1 aromatic carbocycles. The molecule has 0 saturated heterocycles. The Bertz CT molecular complexity index is 846. The normalized spacial score (nSPS) is 10.2. The van der Waals surface area contributed by atoms with Gasteiger partial charge in [0.25, 0.3) is 5.91 Å². The van der Waals surface area contributed by atoms with Crippen molar-refractivity contribution in [2.75, 3.05) is 25.6 Å².